The summed E-state index contributed by atoms with van der Waals surface area (Å²) in [6, 6.07) is 15.7. The van der Waals surface area contributed by atoms with Crippen molar-refractivity contribution in [2.45, 2.75) is 6.42 Å². The lowest BCUT2D eigenvalue weighted by molar-refractivity contribution is -0.118. The molecular weight excluding hydrogens is 320 g/mol. The normalized spacial score (nSPS) is 10.5. The molecule has 1 heterocycles. The predicted molar refractivity (Wildman–Crippen MR) is 98.6 cm³/mol. The van der Waals surface area contributed by atoms with Crippen molar-refractivity contribution >= 4 is 39.6 Å². The Morgan fingerprint density at radius 1 is 1.08 bits per heavy atom. The summed E-state index contributed by atoms with van der Waals surface area (Å²) in [5, 5.41) is 8.66. The SMILES string of the molecule is CN(C(=O)CCNC(=O)c1ccsc1)c1ccc2ccccc2c1. The van der Waals surface area contributed by atoms with E-state index in [1.165, 1.54) is 11.3 Å². The summed E-state index contributed by atoms with van der Waals surface area (Å²) >= 11 is 1.47. The van der Waals surface area contributed by atoms with Crippen molar-refractivity contribution in [3.63, 3.8) is 0 Å². The van der Waals surface area contributed by atoms with E-state index < -0.39 is 0 Å². The van der Waals surface area contributed by atoms with Gasteiger partial charge in [-0.15, -0.1) is 0 Å². The molecule has 0 fully saturated rings. The smallest absolute Gasteiger partial charge is 0.252 e. The zero-order chi connectivity index (χ0) is 16.9. The number of benzene rings is 2. The van der Waals surface area contributed by atoms with Gasteiger partial charge in [-0.1, -0.05) is 30.3 Å². The van der Waals surface area contributed by atoms with E-state index in [0.29, 0.717) is 12.1 Å². The molecule has 0 radical (unpaired) electrons. The zero-order valence-electron chi connectivity index (χ0n) is 13.4. The minimum Gasteiger partial charge on any atom is -0.351 e. The lowest BCUT2D eigenvalue weighted by Gasteiger charge is -2.18. The number of thiophene rings is 1. The average Bonchev–Trinajstić information content (AvgIpc) is 3.15. The lowest BCUT2D eigenvalue weighted by Crippen LogP contribution is -2.31. The van der Waals surface area contributed by atoms with Gasteiger partial charge in [-0.25, -0.2) is 0 Å². The minimum absolute atomic E-state index is 0.0316. The number of nitrogens with zero attached hydrogens (tertiary/aromatic N) is 1. The van der Waals surface area contributed by atoms with Gasteiger partial charge in [0.05, 0.1) is 0 Å². The maximum Gasteiger partial charge on any atom is 0.252 e. The second kappa shape index (κ2) is 7.27. The van der Waals surface area contributed by atoms with Gasteiger partial charge in [0.2, 0.25) is 5.91 Å². The van der Waals surface area contributed by atoms with Crippen molar-refractivity contribution in [2.75, 3.05) is 18.5 Å². The van der Waals surface area contributed by atoms with E-state index in [2.05, 4.69) is 5.32 Å². The highest BCUT2D eigenvalue weighted by atomic mass is 32.1. The number of carbonyl (C=O) groups is 2. The van der Waals surface area contributed by atoms with Crippen LogP contribution in [0.2, 0.25) is 0 Å². The molecule has 122 valence electrons. The molecule has 2 amide bonds. The third kappa shape index (κ3) is 3.63. The Labute approximate surface area is 144 Å². The van der Waals surface area contributed by atoms with E-state index in [4.69, 9.17) is 0 Å². The third-order valence-electron chi connectivity index (χ3n) is 3.90. The molecule has 4 nitrogen and oxygen atoms in total. The van der Waals surface area contributed by atoms with Crippen molar-refractivity contribution in [3.05, 3.63) is 64.9 Å². The van der Waals surface area contributed by atoms with E-state index in [0.717, 1.165) is 16.5 Å². The molecule has 1 N–H and O–H groups in total. The number of carbonyl (C=O) groups excluding carboxylic acids is 2. The molecule has 3 aromatic rings. The zero-order valence-corrected chi connectivity index (χ0v) is 14.2. The fourth-order valence-corrected chi connectivity index (χ4v) is 3.11. The second-order valence-corrected chi connectivity index (χ2v) is 6.28. The van der Waals surface area contributed by atoms with Crippen LogP contribution in [0.25, 0.3) is 10.8 Å². The Morgan fingerprint density at radius 2 is 1.88 bits per heavy atom. The Hall–Kier alpha value is -2.66. The van der Waals surface area contributed by atoms with Gasteiger partial charge >= 0.3 is 0 Å². The Balaban J connectivity index is 1.58. The number of nitrogens with one attached hydrogen (secondary N) is 1. The number of hydrogen-bond donors (Lipinski definition) is 1. The van der Waals surface area contributed by atoms with Crippen LogP contribution in [0.4, 0.5) is 5.69 Å². The topological polar surface area (TPSA) is 49.4 Å². The van der Waals surface area contributed by atoms with Crippen molar-refractivity contribution in [1.29, 1.82) is 0 Å². The molecule has 0 atom stereocenters. The number of amides is 2. The van der Waals surface area contributed by atoms with Gasteiger partial charge in [-0.05, 0) is 34.4 Å². The summed E-state index contributed by atoms with van der Waals surface area (Å²) in [5.41, 5.74) is 1.48. The fourth-order valence-electron chi connectivity index (χ4n) is 2.48. The summed E-state index contributed by atoms with van der Waals surface area (Å²) in [6.45, 7) is 0.325. The van der Waals surface area contributed by atoms with E-state index in [9.17, 15) is 9.59 Å². The van der Waals surface area contributed by atoms with Gasteiger partial charge in [-0.2, -0.15) is 11.3 Å². The molecule has 0 saturated heterocycles. The van der Waals surface area contributed by atoms with E-state index >= 15 is 0 Å². The van der Waals surface area contributed by atoms with Crippen LogP contribution in [-0.2, 0) is 4.79 Å². The van der Waals surface area contributed by atoms with Gasteiger partial charge in [0.25, 0.3) is 5.91 Å². The summed E-state index contributed by atoms with van der Waals surface area (Å²) in [6.07, 6.45) is 0.263. The highest BCUT2D eigenvalue weighted by Crippen LogP contribution is 2.21. The molecule has 0 spiro atoms. The Kier molecular flexibility index (Phi) is 4.91. The van der Waals surface area contributed by atoms with Crippen molar-refractivity contribution in [2.24, 2.45) is 0 Å². The third-order valence-corrected chi connectivity index (χ3v) is 4.59. The first-order chi connectivity index (χ1) is 11.6. The van der Waals surface area contributed by atoms with Crippen molar-refractivity contribution < 1.29 is 9.59 Å². The second-order valence-electron chi connectivity index (χ2n) is 5.50. The molecule has 0 aliphatic carbocycles. The molecule has 0 unspecified atom stereocenters. The Bertz CT molecular complexity index is 859. The van der Waals surface area contributed by atoms with Crippen molar-refractivity contribution in [1.82, 2.24) is 5.32 Å². The highest BCUT2D eigenvalue weighted by molar-refractivity contribution is 7.08. The van der Waals surface area contributed by atoms with Crippen LogP contribution < -0.4 is 10.2 Å². The standard InChI is InChI=1S/C19H18N2O2S/c1-21(17-7-6-14-4-2-3-5-15(14)12-17)18(22)8-10-20-19(23)16-9-11-24-13-16/h2-7,9,11-13H,8,10H2,1H3,(H,20,23). The monoisotopic (exact) mass is 338 g/mol. The van der Waals surface area contributed by atoms with Crippen LogP contribution in [-0.4, -0.2) is 25.4 Å². The molecule has 0 aliphatic rings. The largest absolute Gasteiger partial charge is 0.351 e. The summed E-state index contributed by atoms with van der Waals surface area (Å²) < 4.78 is 0. The van der Waals surface area contributed by atoms with E-state index in [-0.39, 0.29) is 18.2 Å². The molecule has 1 aromatic heterocycles. The van der Waals surface area contributed by atoms with Crippen LogP contribution in [0.15, 0.2) is 59.3 Å². The van der Waals surface area contributed by atoms with Gasteiger partial charge in [0.1, 0.15) is 0 Å². The fraction of sp³-hybridized carbons (Fsp3) is 0.158. The Morgan fingerprint density at radius 3 is 2.62 bits per heavy atom. The van der Waals surface area contributed by atoms with Crippen molar-refractivity contribution in [3.8, 4) is 0 Å². The first-order valence-electron chi connectivity index (χ1n) is 7.71. The summed E-state index contributed by atoms with van der Waals surface area (Å²) in [4.78, 5) is 25.8. The highest BCUT2D eigenvalue weighted by Gasteiger charge is 2.12. The molecule has 0 bridgehead atoms. The molecule has 24 heavy (non-hydrogen) atoms. The lowest BCUT2D eigenvalue weighted by atomic mass is 10.1. The number of hydrogen-bond acceptors (Lipinski definition) is 3. The van der Waals surface area contributed by atoms with Gasteiger partial charge in [-0.3, -0.25) is 9.59 Å². The molecule has 0 aliphatic heterocycles. The number of fused-ring (bicyclic) bond motifs is 1. The summed E-state index contributed by atoms with van der Waals surface area (Å²) in [5.74, 6) is -0.173. The van der Waals surface area contributed by atoms with Crippen LogP contribution in [0, 0.1) is 0 Å². The predicted octanol–water partition coefficient (Wildman–Crippen LogP) is 3.68. The van der Waals surface area contributed by atoms with Crippen LogP contribution in [0.1, 0.15) is 16.8 Å². The minimum atomic E-state index is -0.141. The van der Waals surface area contributed by atoms with Crippen LogP contribution in [0.3, 0.4) is 0 Å². The van der Waals surface area contributed by atoms with Crippen LogP contribution >= 0.6 is 11.3 Å². The van der Waals surface area contributed by atoms with E-state index in [1.54, 1.807) is 23.4 Å². The number of rotatable bonds is 5. The maximum atomic E-state index is 12.3. The first-order valence-corrected chi connectivity index (χ1v) is 8.65. The maximum absolute atomic E-state index is 12.3. The molecule has 5 heteroatoms. The molecular formula is C19H18N2O2S. The van der Waals surface area contributed by atoms with Gasteiger partial charge in [0, 0.05) is 36.6 Å². The first kappa shape index (κ1) is 16.2. The van der Waals surface area contributed by atoms with Gasteiger partial charge < -0.3 is 10.2 Å². The number of anilines is 1. The average molecular weight is 338 g/mol. The van der Waals surface area contributed by atoms with E-state index in [1.807, 2.05) is 47.8 Å². The molecule has 3 rings (SSSR count). The molecule has 0 saturated carbocycles. The summed E-state index contributed by atoms with van der Waals surface area (Å²) in [7, 11) is 1.76. The van der Waals surface area contributed by atoms with Crippen LogP contribution in [0.5, 0.6) is 0 Å². The quantitative estimate of drug-likeness (QED) is 0.771. The molecule has 2 aromatic carbocycles. The van der Waals surface area contributed by atoms with Gasteiger partial charge in [0.15, 0.2) is 0 Å².